The zero-order chi connectivity index (χ0) is 10.5. The van der Waals surface area contributed by atoms with E-state index in [0.717, 1.165) is 11.3 Å². The summed E-state index contributed by atoms with van der Waals surface area (Å²) in [6.07, 6.45) is 5.06. The molecule has 0 aromatic carbocycles. The van der Waals surface area contributed by atoms with Crippen LogP contribution in [-0.4, -0.2) is 11.8 Å². The van der Waals surface area contributed by atoms with E-state index >= 15 is 0 Å². The molecule has 0 aliphatic heterocycles. The summed E-state index contributed by atoms with van der Waals surface area (Å²) in [5, 5.41) is 10.3. The summed E-state index contributed by atoms with van der Waals surface area (Å²) in [6.45, 7) is 13.5. The molecule has 0 aliphatic rings. The van der Waals surface area contributed by atoms with Crippen LogP contribution in [0.3, 0.4) is 0 Å². The van der Waals surface area contributed by atoms with Crippen molar-refractivity contribution in [3.05, 3.63) is 36.6 Å². The van der Waals surface area contributed by atoms with Gasteiger partial charge in [-0.25, -0.2) is 0 Å². The second kappa shape index (κ2) is 4.65. The Morgan fingerprint density at radius 3 is 2.31 bits per heavy atom. The predicted molar refractivity (Wildman–Crippen MR) is 59.1 cm³/mol. The van der Waals surface area contributed by atoms with Crippen LogP contribution in [0, 0.1) is 5.41 Å². The molecule has 0 aromatic heterocycles. The molecule has 0 amide bonds. The van der Waals surface area contributed by atoms with E-state index in [1.165, 1.54) is 6.21 Å². The monoisotopic (exact) mass is 178 g/mol. The third-order valence-corrected chi connectivity index (χ3v) is 1.82. The van der Waals surface area contributed by atoms with E-state index < -0.39 is 0 Å². The summed E-state index contributed by atoms with van der Waals surface area (Å²) in [5.74, 6) is 0. The summed E-state index contributed by atoms with van der Waals surface area (Å²) in [5.41, 5.74) is 1.26. The molecule has 0 aliphatic carbocycles. The molecule has 13 heavy (non-hydrogen) atoms. The highest BCUT2D eigenvalue weighted by Gasteiger charge is 2.19. The van der Waals surface area contributed by atoms with Crippen molar-refractivity contribution in [2.75, 3.05) is 0 Å². The SMILES string of the molecule is C=C(/C=C\C)NC(C)(C)C(=C)C=N. The van der Waals surface area contributed by atoms with Gasteiger partial charge in [-0.05, 0) is 32.4 Å². The summed E-state index contributed by atoms with van der Waals surface area (Å²) in [7, 11) is 0. The fourth-order valence-corrected chi connectivity index (χ4v) is 0.905. The third-order valence-electron chi connectivity index (χ3n) is 1.82. The van der Waals surface area contributed by atoms with Crippen LogP contribution in [0.2, 0.25) is 0 Å². The lowest BCUT2D eigenvalue weighted by Crippen LogP contribution is -2.39. The molecular weight excluding hydrogens is 160 g/mol. The van der Waals surface area contributed by atoms with Gasteiger partial charge < -0.3 is 10.7 Å². The number of rotatable bonds is 5. The van der Waals surface area contributed by atoms with Gasteiger partial charge in [0.25, 0.3) is 0 Å². The standard InChI is InChI=1S/C11H18N2/c1-6-7-10(3)13-11(4,5)9(2)8-12/h6-8,12-13H,2-3H2,1,4-5H3/b7-6-,12-8?. The van der Waals surface area contributed by atoms with Gasteiger partial charge in [0.05, 0.1) is 5.54 Å². The van der Waals surface area contributed by atoms with Crippen molar-refractivity contribution in [2.45, 2.75) is 26.3 Å². The van der Waals surface area contributed by atoms with Gasteiger partial charge in [0, 0.05) is 11.9 Å². The van der Waals surface area contributed by atoms with Crippen molar-refractivity contribution >= 4 is 6.21 Å². The van der Waals surface area contributed by atoms with Gasteiger partial charge in [-0.2, -0.15) is 0 Å². The van der Waals surface area contributed by atoms with Crippen LogP contribution in [0.1, 0.15) is 20.8 Å². The largest absolute Gasteiger partial charge is 0.377 e. The smallest absolute Gasteiger partial charge is 0.0577 e. The Hall–Kier alpha value is -1.31. The first-order chi connectivity index (χ1) is 5.94. The van der Waals surface area contributed by atoms with Crippen molar-refractivity contribution in [2.24, 2.45) is 0 Å². The zero-order valence-electron chi connectivity index (χ0n) is 8.65. The second-order valence-corrected chi connectivity index (χ2v) is 3.44. The third kappa shape index (κ3) is 3.74. The minimum Gasteiger partial charge on any atom is -0.377 e. The average molecular weight is 178 g/mol. The van der Waals surface area contributed by atoms with E-state index in [1.807, 2.05) is 32.9 Å². The Kier molecular flexibility index (Phi) is 4.18. The lowest BCUT2D eigenvalue weighted by Gasteiger charge is -2.27. The lowest BCUT2D eigenvalue weighted by molar-refractivity contribution is 0.527. The Morgan fingerprint density at radius 1 is 1.38 bits per heavy atom. The molecule has 0 radical (unpaired) electrons. The van der Waals surface area contributed by atoms with Gasteiger partial charge in [-0.3, -0.25) is 0 Å². The zero-order valence-corrected chi connectivity index (χ0v) is 8.65. The molecule has 0 spiro atoms. The molecule has 2 nitrogen and oxygen atoms in total. The predicted octanol–water partition coefficient (Wildman–Crippen LogP) is 2.65. The molecule has 0 fully saturated rings. The van der Waals surface area contributed by atoms with E-state index in [2.05, 4.69) is 18.5 Å². The maximum Gasteiger partial charge on any atom is 0.0577 e. The van der Waals surface area contributed by atoms with E-state index in [4.69, 9.17) is 5.41 Å². The number of allylic oxidation sites excluding steroid dienone is 2. The summed E-state index contributed by atoms with van der Waals surface area (Å²) >= 11 is 0. The molecule has 0 aromatic rings. The molecule has 2 N–H and O–H groups in total. The van der Waals surface area contributed by atoms with Crippen LogP contribution in [0.4, 0.5) is 0 Å². The van der Waals surface area contributed by atoms with Crippen LogP contribution >= 0.6 is 0 Å². The van der Waals surface area contributed by atoms with Crippen LogP contribution < -0.4 is 5.32 Å². The molecule has 2 heteroatoms. The highest BCUT2D eigenvalue weighted by atomic mass is 15.0. The molecule has 0 saturated carbocycles. The minimum absolute atomic E-state index is 0.307. The van der Waals surface area contributed by atoms with Gasteiger partial charge in [0.2, 0.25) is 0 Å². The Bertz CT molecular complexity index is 247. The van der Waals surface area contributed by atoms with E-state index in [1.54, 1.807) is 0 Å². The summed E-state index contributed by atoms with van der Waals surface area (Å²) in [6, 6.07) is 0. The first kappa shape index (κ1) is 11.7. The van der Waals surface area contributed by atoms with E-state index in [0.29, 0.717) is 0 Å². The lowest BCUT2D eigenvalue weighted by atomic mass is 9.96. The van der Waals surface area contributed by atoms with Crippen LogP contribution in [0.15, 0.2) is 36.6 Å². The molecule has 0 rings (SSSR count). The Labute approximate surface area is 80.6 Å². The maximum absolute atomic E-state index is 7.10. The minimum atomic E-state index is -0.307. The van der Waals surface area contributed by atoms with E-state index in [-0.39, 0.29) is 5.54 Å². The van der Waals surface area contributed by atoms with Crippen molar-refractivity contribution in [3.8, 4) is 0 Å². The number of hydrogen-bond acceptors (Lipinski definition) is 2. The van der Waals surface area contributed by atoms with Crippen molar-refractivity contribution < 1.29 is 0 Å². The van der Waals surface area contributed by atoms with Crippen LogP contribution in [0.25, 0.3) is 0 Å². The highest BCUT2D eigenvalue weighted by molar-refractivity contribution is 5.77. The van der Waals surface area contributed by atoms with Gasteiger partial charge >= 0.3 is 0 Å². The maximum atomic E-state index is 7.10. The molecule has 0 heterocycles. The number of nitrogens with one attached hydrogen (secondary N) is 2. The van der Waals surface area contributed by atoms with Gasteiger partial charge in [0.15, 0.2) is 0 Å². The molecular formula is C11H18N2. The quantitative estimate of drug-likeness (QED) is 0.492. The summed E-state index contributed by atoms with van der Waals surface area (Å²) in [4.78, 5) is 0. The number of hydrogen-bond donors (Lipinski definition) is 2. The average Bonchev–Trinajstić information content (AvgIpc) is 2.02. The molecule has 72 valence electrons. The normalized spacial score (nSPS) is 11.3. The van der Waals surface area contributed by atoms with Crippen LogP contribution in [-0.2, 0) is 0 Å². The fraction of sp³-hybridized carbons (Fsp3) is 0.364. The van der Waals surface area contributed by atoms with Gasteiger partial charge in [0.1, 0.15) is 0 Å². The van der Waals surface area contributed by atoms with Crippen molar-refractivity contribution in [3.63, 3.8) is 0 Å². The van der Waals surface area contributed by atoms with Gasteiger partial charge in [-0.15, -0.1) is 0 Å². The Balaban J connectivity index is 4.41. The molecule has 0 bridgehead atoms. The summed E-state index contributed by atoms with van der Waals surface area (Å²) < 4.78 is 0. The fourth-order valence-electron chi connectivity index (χ4n) is 0.905. The first-order valence-corrected chi connectivity index (χ1v) is 4.23. The van der Waals surface area contributed by atoms with Crippen molar-refractivity contribution in [1.29, 1.82) is 5.41 Å². The topological polar surface area (TPSA) is 35.9 Å². The highest BCUT2D eigenvalue weighted by Crippen LogP contribution is 2.13. The second-order valence-electron chi connectivity index (χ2n) is 3.44. The van der Waals surface area contributed by atoms with Crippen LogP contribution in [0.5, 0.6) is 0 Å². The molecule has 0 unspecified atom stereocenters. The van der Waals surface area contributed by atoms with Crippen molar-refractivity contribution in [1.82, 2.24) is 5.32 Å². The molecule has 0 atom stereocenters. The Morgan fingerprint density at radius 2 is 1.92 bits per heavy atom. The molecule has 0 saturated heterocycles. The first-order valence-electron chi connectivity index (χ1n) is 4.23. The van der Waals surface area contributed by atoms with Gasteiger partial charge in [-0.1, -0.05) is 19.2 Å². The van der Waals surface area contributed by atoms with E-state index in [9.17, 15) is 0 Å².